The van der Waals surface area contributed by atoms with E-state index in [-0.39, 0.29) is 0 Å². The van der Waals surface area contributed by atoms with Crippen LogP contribution in [0.3, 0.4) is 0 Å². The second-order valence-electron chi connectivity index (χ2n) is 9.94. The fourth-order valence-electron chi connectivity index (χ4n) is 5.96. The van der Waals surface area contributed by atoms with E-state index in [4.69, 9.17) is 14.5 Å². The average molecular weight is 479 g/mol. The van der Waals surface area contributed by atoms with Gasteiger partial charge in [-0.05, 0) is 24.3 Å². The molecule has 1 aromatic carbocycles. The highest BCUT2D eigenvalue weighted by atomic mass is 32.1. The van der Waals surface area contributed by atoms with Gasteiger partial charge in [0.1, 0.15) is 0 Å². The van der Waals surface area contributed by atoms with Crippen molar-refractivity contribution in [1.82, 2.24) is 19.4 Å². The van der Waals surface area contributed by atoms with Crippen LogP contribution < -0.4 is 14.8 Å². The van der Waals surface area contributed by atoms with Crippen molar-refractivity contribution >= 4 is 27.2 Å². The lowest BCUT2D eigenvalue weighted by atomic mass is 10.1. The predicted octanol–water partition coefficient (Wildman–Crippen LogP) is 1.41. The molecule has 8 heteroatoms. The van der Waals surface area contributed by atoms with Gasteiger partial charge in [-0.15, -0.1) is 11.3 Å². The van der Waals surface area contributed by atoms with Crippen LogP contribution in [0.15, 0.2) is 36.4 Å². The molecule has 7 nitrogen and oxygen atoms in total. The summed E-state index contributed by atoms with van der Waals surface area (Å²) in [6.07, 6.45) is 0. The van der Waals surface area contributed by atoms with Crippen LogP contribution in [0.1, 0.15) is 0 Å². The highest BCUT2D eigenvalue weighted by Crippen LogP contribution is 2.32. The highest BCUT2D eigenvalue weighted by molar-refractivity contribution is 7.21. The number of aromatic nitrogens is 1. The van der Waals surface area contributed by atoms with E-state index in [1.54, 1.807) is 0 Å². The third-order valence-electron chi connectivity index (χ3n) is 7.95. The van der Waals surface area contributed by atoms with Crippen molar-refractivity contribution < 1.29 is 9.47 Å². The molecule has 6 aliphatic rings. The molecular weight excluding hydrogens is 446 g/mol. The summed E-state index contributed by atoms with van der Waals surface area (Å²) in [5, 5.41) is 1.31. The Morgan fingerprint density at radius 2 is 1.74 bits per heavy atom. The van der Waals surface area contributed by atoms with Crippen LogP contribution in [0, 0.1) is 0 Å². The molecule has 7 rings (SSSR count). The number of hydrogen-bond acceptors (Lipinski definition) is 7. The summed E-state index contributed by atoms with van der Waals surface area (Å²) in [4.78, 5) is 13.9. The largest absolute Gasteiger partial charge is 0.378 e. The number of fused-ring (bicyclic) bond motifs is 4. The number of anilines is 1. The minimum absolute atomic E-state index is 0.509. The Balaban J connectivity index is 1.20. The van der Waals surface area contributed by atoms with Crippen LogP contribution in [0.25, 0.3) is 20.8 Å². The molecule has 0 N–H and O–H groups in total. The third-order valence-corrected chi connectivity index (χ3v) is 9.05. The Bertz CT molecular complexity index is 1250. The van der Waals surface area contributed by atoms with E-state index in [9.17, 15) is 0 Å². The molecule has 5 heterocycles. The molecule has 34 heavy (non-hydrogen) atoms. The van der Waals surface area contributed by atoms with Crippen molar-refractivity contribution in [3.63, 3.8) is 0 Å². The predicted molar refractivity (Wildman–Crippen MR) is 136 cm³/mol. The molecule has 0 spiro atoms. The molecule has 4 saturated heterocycles. The van der Waals surface area contributed by atoms with E-state index in [0.29, 0.717) is 12.1 Å². The van der Waals surface area contributed by atoms with E-state index in [0.717, 1.165) is 90.0 Å². The van der Waals surface area contributed by atoms with Crippen molar-refractivity contribution in [2.24, 2.45) is 0 Å². The molecule has 1 aliphatic carbocycles. The molecule has 4 fully saturated rings. The summed E-state index contributed by atoms with van der Waals surface area (Å²) >= 11 is 1.87. The van der Waals surface area contributed by atoms with E-state index >= 15 is 0 Å². The van der Waals surface area contributed by atoms with Crippen LogP contribution in [-0.2, 0) is 9.47 Å². The van der Waals surface area contributed by atoms with Crippen LogP contribution in [0.5, 0.6) is 0 Å². The van der Waals surface area contributed by atoms with Crippen LogP contribution in [-0.4, -0.2) is 106 Å². The maximum atomic E-state index is 5.74. The van der Waals surface area contributed by atoms with Crippen LogP contribution in [0.4, 0.5) is 5.69 Å². The zero-order valence-electron chi connectivity index (χ0n) is 19.6. The molecular formula is C26H32N5O2S+. The summed E-state index contributed by atoms with van der Waals surface area (Å²) in [6.45, 7) is 12.1. The molecule has 0 unspecified atom stereocenters. The zero-order chi connectivity index (χ0) is 22.5. The fraction of sp³-hybridized carbons (Fsp3) is 0.538. The first-order valence-electron chi connectivity index (χ1n) is 12.6. The lowest BCUT2D eigenvalue weighted by Gasteiger charge is -2.44. The van der Waals surface area contributed by atoms with Gasteiger partial charge in [0.25, 0.3) is 0 Å². The summed E-state index contributed by atoms with van der Waals surface area (Å²) in [5.41, 5.74) is 3.47. The monoisotopic (exact) mass is 478 g/mol. The Morgan fingerprint density at radius 1 is 0.882 bits per heavy atom. The lowest BCUT2D eigenvalue weighted by molar-refractivity contribution is -0.0214. The van der Waals surface area contributed by atoms with Gasteiger partial charge in [-0.3, -0.25) is 9.80 Å². The smallest absolute Gasteiger partial charge is 0.201 e. The summed E-state index contributed by atoms with van der Waals surface area (Å²) < 4.78 is 15.3. The van der Waals surface area contributed by atoms with E-state index in [1.165, 1.54) is 20.6 Å². The molecule has 0 aromatic heterocycles. The van der Waals surface area contributed by atoms with Crippen molar-refractivity contribution in [2.45, 2.75) is 12.1 Å². The molecule has 0 bridgehead atoms. The van der Waals surface area contributed by atoms with Gasteiger partial charge in [-0.2, -0.15) is 0 Å². The minimum atomic E-state index is 0.509. The van der Waals surface area contributed by atoms with Crippen molar-refractivity contribution in [3.05, 3.63) is 41.8 Å². The van der Waals surface area contributed by atoms with E-state index in [2.05, 4.69) is 55.7 Å². The summed E-state index contributed by atoms with van der Waals surface area (Å²) in [6, 6.07) is 14.6. The Kier molecular flexibility index (Phi) is 5.51. The minimum Gasteiger partial charge on any atom is -0.378 e. The SMILES string of the molecule is c1cc2nc3ccc(=[N+]4CCN5CCOC[C@H]5C4)cc-3sc2cc1N1CCN2CCOC[C@H]2C1. The Morgan fingerprint density at radius 3 is 2.65 bits per heavy atom. The second kappa shape index (κ2) is 8.84. The number of piperazine rings is 2. The standard InChI is InChI=1S/C26H32N5O2S/c1-3-23-25(13-19(1)30-7-5-28-9-11-32-17-21(28)15-30)34-26-14-20(2-4-24(26)27-23)31-8-6-29-10-12-33-18-22(29)16-31/h1-4,13-14,21-22H,5-12,15-18H2/q+1/t21-,22-/m1/s1. The van der Waals surface area contributed by atoms with Gasteiger partial charge in [0.05, 0.1) is 65.8 Å². The van der Waals surface area contributed by atoms with Gasteiger partial charge in [-0.25, -0.2) is 9.56 Å². The second-order valence-corrected chi connectivity index (χ2v) is 11.0. The lowest BCUT2D eigenvalue weighted by Crippen LogP contribution is -2.58. The van der Waals surface area contributed by atoms with E-state index < -0.39 is 0 Å². The first-order chi connectivity index (χ1) is 16.8. The summed E-state index contributed by atoms with van der Waals surface area (Å²) in [7, 11) is 0. The first kappa shape index (κ1) is 21.2. The van der Waals surface area contributed by atoms with Crippen LogP contribution >= 0.6 is 11.3 Å². The topological polar surface area (TPSA) is 44.1 Å². The number of benzene rings is 2. The zero-order valence-corrected chi connectivity index (χ0v) is 20.4. The van der Waals surface area contributed by atoms with Gasteiger partial charge >= 0.3 is 0 Å². The maximum Gasteiger partial charge on any atom is 0.201 e. The molecule has 1 aromatic rings. The Labute approximate surface area is 204 Å². The Hall–Kier alpha value is -2.10. The highest BCUT2D eigenvalue weighted by Gasteiger charge is 2.32. The number of morpholine rings is 2. The number of hydrogen-bond donors (Lipinski definition) is 0. The van der Waals surface area contributed by atoms with Crippen LogP contribution in [0.2, 0.25) is 0 Å². The average Bonchev–Trinajstić information content (AvgIpc) is 2.90. The van der Waals surface area contributed by atoms with Gasteiger partial charge in [0.15, 0.2) is 13.1 Å². The first-order valence-corrected chi connectivity index (χ1v) is 13.4. The normalized spacial score (nSPS) is 28.2. The van der Waals surface area contributed by atoms with E-state index in [1.807, 2.05) is 11.3 Å². The molecule has 0 radical (unpaired) electrons. The molecule has 0 amide bonds. The van der Waals surface area contributed by atoms with Gasteiger partial charge < -0.3 is 14.4 Å². The van der Waals surface area contributed by atoms with Gasteiger partial charge in [-0.1, -0.05) is 0 Å². The van der Waals surface area contributed by atoms with Gasteiger partial charge in [0, 0.05) is 50.5 Å². The maximum absolute atomic E-state index is 5.74. The molecule has 5 aliphatic heterocycles. The quantitative estimate of drug-likeness (QED) is 0.389. The summed E-state index contributed by atoms with van der Waals surface area (Å²) in [5.74, 6) is 0. The molecule has 0 saturated carbocycles. The number of ether oxygens (including phenoxy) is 2. The molecule has 2 atom stereocenters. The molecule has 178 valence electrons. The number of rotatable bonds is 1. The van der Waals surface area contributed by atoms with Crippen molar-refractivity contribution in [3.8, 4) is 10.6 Å². The number of nitrogens with zero attached hydrogens (tertiary/aromatic N) is 5. The van der Waals surface area contributed by atoms with Crippen molar-refractivity contribution in [2.75, 3.05) is 83.7 Å². The fourth-order valence-corrected chi connectivity index (χ4v) is 6.99. The third kappa shape index (κ3) is 3.91. The van der Waals surface area contributed by atoms with Gasteiger partial charge in [0.2, 0.25) is 5.36 Å². The van der Waals surface area contributed by atoms with Crippen molar-refractivity contribution in [1.29, 1.82) is 0 Å².